The van der Waals surface area contributed by atoms with E-state index in [1.165, 1.54) is 22.2 Å². The molecule has 0 amide bonds. The van der Waals surface area contributed by atoms with Gasteiger partial charge in [-0.3, -0.25) is 14.6 Å². The number of anilines is 1. The Morgan fingerprint density at radius 1 is 1.13 bits per heavy atom. The van der Waals surface area contributed by atoms with Crippen molar-refractivity contribution in [1.29, 1.82) is 0 Å². The lowest BCUT2D eigenvalue weighted by atomic mass is 10.1. The van der Waals surface area contributed by atoms with E-state index in [1.54, 1.807) is 12.3 Å². The predicted molar refractivity (Wildman–Crippen MR) is 113 cm³/mol. The molecule has 0 aliphatic carbocycles. The first kappa shape index (κ1) is 17.8. The number of aromatic amines is 1. The number of nitrogens with zero attached hydrogens (tertiary/aromatic N) is 5. The lowest BCUT2D eigenvalue weighted by Crippen LogP contribution is -2.14. The molecule has 0 fully saturated rings. The van der Waals surface area contributed by atoms with Crippen LogP contribution in [0.4, 0.5) is 5.82 Å². The van der Waals surface area contributed by atoms with Crippen LogP contribution in [0.25, 0.3) is 39.1 Å². The molecule has 9 nitrogen and oxygen atoms in total. The number of rotatable bonds is 2. The molecule has 0 radical (unpaired) electrons. The number of H-pyrrole nitrogens is 1. The van der Waals surface area contributed by atoms with Gasteiger partial charge in [0, 0.05) is 24.6 Å². The SMILES string of the molecule is CC(=O)n1nc(C)c2cc(-c3cc(=O)n4nc(N)c(-c5ccccn5)c4[nH]3)ccc21. The molecule has 5 aromatic rings. The van der Waals surface area contributed by atoms with Crippen molar-refractivity contribution in [2.24, 2.45) is 0 Å². The maximum absolute atomic E-state index is 12.7. The molecular formula is C21H17N7O2. The van der Waals surface area contributed by atoms with E-state index in [-0.39, 0.29) is 17.3 Å². The Kier molecular flexibility index (Phi) is 3.78. The van der Waals surface area contributed by atoms with Gasteiger partial charge in [0.25, 0.3) is 5.56 Å². The predicted octanol–water partition coefficient (Wildman–Crippen LogP) is 2.65. The maximum atomic E-state index is 12.7. The highest BCUT2D eigenvalue weighted by atomic mass is 16.2. The third-order valence-corrected chi connectivity index (χ3v) is 5.04. The summed E-state index contributed by atoms with van der Waals surface area (Å²) in [6, 6.07) is 12.5. The van der Waals surface area contributed by atoms with Gasteiger partial charge in [0.15, 0.2) is 5.82 Å². The molecule has 0 saturated carbocycles. The monoisotopic (exact) mass is 399 g/mol. The second-order valence-electron chi connectivity index (χ2n) is 7.01. The van der Waals surface area contributed by atoms with Gasteiger partial charge in [0.1, 0.15) is 5.65 Å². The van der Waals surface area contributed by atoms with Crippen molar-refractivity contribution in [1.82, 2.24) is 29.4 Å². The smallest absolute Gasteiger partial charge is 0.274 e. The molecule has 0 spiro atoms. The summed E-state index contributed by atoms with van der Waals surface area (Å²) in [5.41, 5.74) is 10.2. The Hall–Kier alpha value is -4.27. The number of fused-ring (bicyclic) bond motifs is 2. The molecule has 0 saturated heterocycles. The van der Waals surface area contributed by atoms with Crippen molar-refractivity contribution in [3.05, 3.63) is 64.7 Å². The lowest BCUT2D eigenvalue weighted by molar-refractivity contribution is 0.0926. The molecule has 0 aliphatic rings. The average Bonchev–Trinajstić information content (AvgIpc) is 3.25. The maximum Gasteiger partial charge on any atom is 0.274 e. The number of carbonyl (C=O) groups excluding carboxylic acids is 1. The molecule has 30 heavy (non-hydrogen) atoms. The first-order valence-electron chi connectivity index (χ1n) is 9.27. The number of hydrogen-bond donors (Lipinski definition) is 2. The van der Waals surface area contributed by atoms with Crippen LogP contribution in [0.2, 0.25) is 0 Å². The summed E-state index contributed by atoms with van der Waals surface area (Å²) in [4.78, 5) is 32.2. The van der Waals surface area contributed by atoms with Crippen molar-refractivity contribution in [3.63, 3.8) is 0 Å². The van der Waals surface area contributed by atoms with E-state index in [9.17, 15) is 9.59 Å². The molecule has 5 rings (SSSR count). The Labute approximate surface area is 169 Å². The topological polar surface area (TPSA) is 124 Å². The number of benzene rings is 1. The number of nitrogen functional groups attached to an aromatic ring is 1. The minimum atomic E-state index is -0.316. The molecule has 9 heteroatoms. The fourth-order valence-electron chi connectivity index (χ4n) is 3.65. The van der Waals surface area contributed by atoms with Gasteiger partial charge in [0.2, 0.25) is 5.91 Å². The fourth-order valence-corrected chi connectivity index (χ4v) is 3.65. The second kappa shape index (κ2) is 6.38. The Morgan fingerprint density at radius 3 is 2.70 bits per heavy atom. The molecule has 0 unspecified atom stereocenters. The van der Waals surface area contributed by atoms with Gasteiger partial charge in [-0.05, 0) is 36.8 Å². The van der Waals surface area contributed by atoms with Crippen LogP contribution in [0.1, 0.15) is 17.4 Å². The summed E-state index contributed by atoms with van der Waals surface area (Å²) < 4.78 is 2.61. The van der Waals surface area contributed by atoms with Crippen LogP contribution >= 0.6 is 0 Å². The Bertz CT molecular complexity index is 1510. The normalized spacial score (nSPS) is 11.4. The molecule has 3 N–H and O–H groups in total. The van der Waals surface area contributed by atoms with Crippen molar-refractivity contribution < 1.29 is 4.79 Å². The highest BCUT2D eigenvalue weighted by molar-refractivity contribution is 5.94. The number of nitrogens with two attached hydrogens (primary N) is 1. The van der Waals surface area contributed by atoms with Gasteiger partial charge in [-0.2, -0.15) is 9.61 Å². The minimum absolute atomic E-state index is 0.162. The first-order valence-corrected chi connectivity index (χ1v) is 9.27. The second-order valence-corrected chi connectivity index (χ2v) is 7.01. The van der Waals surface area contributed by atoms with Crippen molar-refractivity contribution in [2.45, 2.75) is 13.8 Å². The highest BCUT2D eigenvalue weighted by Gasteiger charge is 2.18. The van der Waals surface area contributed by atoms with Crippen LogP contribution in [-0.4, -0.2) is 35.3 Å². The Balaban J connectivity index is 1.75. The quantitative estimate of drug-likeness (QED) is 0.470. The molecular weight excluding hydrogens is 382 g/mol. The van der Waals surface area contributed by atoms with Gasteiger partial charge in [-0.15, -0.1) is 5.10 Å². The van der Waals surface area contributed by atoms with E-state index in [0.717, 1.165) is 22.2 Å². The summed E-state index contributed by atoms with van der Waals surface area (Å²) in [7, 11) is 0. The number of pyridine rings is 1. The largest absolute Gasteiger partial charge is 0.382 e. The van der Waals surface area contributed by atoms with Crippen molar-refractivity contribution in [3.8, 4) is 22.5 Å². The van der Waals surface area contributed by atoms with Gasteiger partial charge >= 0.3 is 0 Å². The van der Waals surface area contributed by atoms with Crippen LogP contribution in [0.5, 0.6) is 0 Å². The molecule has 4 heterocycles. The van der Waals surface area contributed by atoms with Gasteiger partial charge in [0.05, 0.1) is 28.2 Å². The lowest BCUT2D eigenvalue weighted by Gasteiger charge is -2.06. The molecule has 0 atom stereocenters. The van der Waals surface area contributed by atoms with Gasteiger partial charge in [-0.1, -0.05) is 12.1 Å². The van der Waals surface area contributed by atoms with E-state index in [4.69, 9.17) is 5.73 Å². The third-order valence-electron chi connectivity index (χ3n) is 5.04. The summed E-state index contributed by atoms with van der Waals surface area (Å²) in [5, 5.41) is 9.31. The van der Waals surface area contributed by atoms with Crippen LogP contribution in [0.15, 0.2) is 53.5 Å². The number of nitrogens with one attached hydrogen (secondary N) is 1. The molecule has 1 aromatic carbocycles. The summed E-state index contributed by atoms with van der Waals surface area (Å²) >= 11 is 0. The fraction of sp³-hybridized carbons (Fsp3) is 0.0952. The molecule has 148 valence electrons. The van der Waals surface area contributed by atoms with Crippen LogP contribution in [-0.2, 0) is 0 Å². The van der Waals surface area contributed by atoms with Crippen LogP contribution in [0, 0.1) is 6.92 Å². The standard InChI is InChI=1S/C21H17N7O2/c1-11-14-9-13(6-7-17(14)27(25-11)12(2)29)16-10-18(30)28-21(24-16)19(20(22)26-28)15-5-3-4-8-23-15/h3-10,24H,1-2H3,(H2,22,26). The van der Waals surface area contributed by atoms with Gasteiger partial charge < -0.3 is 10.7 Å². The van der Waals surface area contributed by atoms with Gasteiger partial charge in [-0.25, -0.2) is 4.68 Å². The molecule has 0 bridgehead atoms. The number of hydrogen-bond acceptors (Lipinski definition) is 6. The first-order chi connectivity index (χ1) is 14.4. The van der Waals surface area contributed by atoms with Crippen LogP contribution in [0.3, 0.4) is 0 Å². The van der Waals surface area contributed by atoms with E-state index < -0.39 is 0 Å². The minimum Gasteiger partial charge on any atom is -0.382 e. The van der Waals surface area contributed by atoms with E-state index in [0.29, 0.717) is 22.6 Å². The van der Waals surface area contributed by atoms with Crippen molar-refractivity contribution >= 4 is 28.3 Å². The average molecular weight is 399 g/mol. The summed E-state index contributed by atoms with van der Waals surface area (Å²) in [5.74, 6) is 0.0543. The zero-order chi connectivity index (χ0) is 21.0. The zero-order valence-electron chi connectivity index (χ0n) is 16.2. The molecule has 4 aromatic heterocycles. The summed E-state index contributed by atoms with van der Waals surface area (Å²) in [6.07, 6.45) is 1.66. The Morgan fingerprint density at radius 2 is 1.97 bits per heavy atom. The zero-order valence-corrected chi connectivity index (χ0v) is 16.2. The summed E-state index contributed by atoms with van der Waals surface area (Å²) in [6.45, 7) is 3.31. The molecule has 0 aliphatic heterocycles. The highest BCUT2D eigenvalue weighted by Crippen LogP contribution is 2.29. The number of aryl methyl sites for hydroxylation is 1. The third kappa shape index (κ3) is 2.60. The van der Waals surface area contributed by atoms with Crippen molar-refractivity contribution in [2.75, 3.05) is 5.73 Å². The van der Waals surface area contributed by atoms with E-state index in [1.807, 2.05) is 37.3 Å². The van der Waals surface area contributed by atoms with E-state index >= 15 is 0 Å². The number of aromatic nitrogens is 6. The van der Waals surface area contributed by atoms with E-state index in [2.05, 4.69) is 20.2 Å². The number of carbonyl (C=O) groups is 1. The van der Waals surface area contributed by atoms with Crippen LogP contribution < -0.4 is 11.3 Å².